The molecule has 7 heavy (non-hydrogen) atoms. The second-order valence-corrected chi connectivity index (χ2v) is 1.63. The third kappa shape index (κ3) is 1.03. The Bertz CT molecular complexity index is 113. The van der Waals surface area contributed by atoms with Crippen molar-refractivity contribution in [2.75, 3.05) is 6.54 Å². The second-order valence-electron chi connectivity index (χ2n) is 1.63. The van der Waals surface area contributed by atoms with Crippen molar-refractivity contribution in [2.24, 2.45) is 4.99 Å². The number of aliphatic imine (C=N–C) groups is 1. The van der Waals surface area contributed by atoms with Crippen molar-refractivity contribution >= 4 is 6.34 Å². The lowest BCUT2D eigenvalue weighted by atomic mass is 10.3. The minimum atomic E-state index is 0.854. The number of rotatable bonds is 0. The van der Waals surface area contributed by atoms with E-state index in [0.717, 1.165) is 6.54 Å². The summed E-state index contributed by atoms with van der Waals surface area (Å²) in [6.07, 6.45) is 3.65. The van der Waals surface area contributed by atoms with Crippen LogP contribution in [0.5, 0.6) is 0 Å². The smallest absolute Gasteiger partial charge is 0.0867 e. The Morgan fingerprint density at radius 2 is 2.71 bits per heavy atom. The van der Waals surface area contributed by atoms with Crippen LogP contribution in [0, 0.1) is 0 Å². The van der Waals surface area contributed by atoms with Gasteiger partial charge < -0.3 is 5.32 Å². The molecule has 0 amide bonds. The molecule has 38 valence electrons. The monoisotopic (exact) mass is 96.1 g/mol. The number of hydrogen-bond acceptors (Lipinski definition) is 2. The molecule has 0 aromatic heterocycles. The summed E-state index contributed by atoms with van der Waals surface area (Å²) in [7, 11) is 0. The van der Waals surface area contributed by atoms with Gasteiger partial charge in [0.2, 0.25) is 0 Å². The van der Waals surface area contributed by atoms with Crippen LogP contribution in [0.2, 0.25) is 0 Å². The van der Waals surface area contributed by atoms with E-state index in [2.05, 4.69) is 10.3 Å². The van der Waals surface area contributed by atoms with E-state index in [1.54, 1.807) is 6.34 Å². The highest BCUT2D eigenvalue weighted by atomic mass is 14.9. The summed E-state index contributed by atoms with van der Waals surface area (Å²) in [6, 6.07) is 0. The van der Waals surface area contributed by atoms with E-state index in [-0.39, 0.29) is 0 Å². The lowest BCUT2D eigenvalue weighted by Gasteiger charge is -2.00. The Morgan fingerprint density at radius 3 is 3.00 bits per heavy atom. The largest absolute Gasteiger partial charge is 0.353 e. The van der Waals surface area contributed by atoms with E-state index < -0.39 is 0 Å². The van der Waals surface area contributed by atoms with Gasteiger partial charge in [-0.25, -0.2) is 0 Å². The van der Waals surface area contributed by atoms with E-state index in [0.29, 0.717) is 0 Å². The molecule has 0 radical (unpaired) electrons. The summed E-state index contributed by atoms with van der Waals surface area (Å²) in [5.41, 5.74) is 1.28. The first kappa shape index (κ1) is 4.37. The molecule has 0 aromatic rings. The molecule has 0 aliphatic carbocycles. The lowest BCUT2D eigenvalue weighted by molar-refractivity contribution is 1.05. The quantitative estimate of drug-likeness (QED) is 0.467. The zero-order valence-corrected chi connectivity index (χ0v) is 4.31. The fourth-order valence-corrected chi connectivity index (χ4v) is 0.468. The van der Waals surface area contributed by atoms with E-state index >= 15 is 0 Å². The van der Waals surface area contributed by atoms with Crippen LogP contribution in [0.4, 0.5) is 0 Å². The van der Waals surface area contributed by atoms with Gasteiger partial charge in [0.1, 0.15) is 0 Å². The van der Waals surface area contributed by atoms with Gasteiger partial charge in [-0.15, -0.1) is 0 Å². The van der Waals surface area contributed by atoms with Gasteiger partial charge in [-0.3, -0.25) is 4.99 Å². The van der Waals surface area contributed by atoms with Gasteiger partial charge in [0.25, 0.3) is 0 Å². The molecule has 1 N–H and O–H groups in total. The van der Waals surface area contributed by atoms with Crippen molar-refractivity contribution in [2.45, 2.75) is 6.92 Å². The van der Waals surface area contributed by atoms with Gasteiger partial charge in [-0.1, -0.05) is 0 Å². The molecule has 0 saturated carbocycles. The highest BCUT2D eigenvalue weighted by Gasteiger charge is 1.86. The Labute approximate surface area is 42.9 Å². The van der Waals surface area contributed by atoms with E-state index in [9.17, 15) is 0 Å². The van der Waals surface area contributed by atoms with Crippen LogP contribution in [0.3, 0.4) is 0 Å². The van der Waals surface area contributed by atoms with Crippen LogP contribution in [-0.2, 0) is 0 Å². The van der Waals surface area contributed by atoms with Crippen molar-refractivity contribution < 1.29 is 0 Å². The first-order chi connectivity index (χ1) is 3.39. The maximum absolute atomic E-state index is 3.95. The summed E-state index contributed by atoms with van der Waals surface area (Å²) < 4.78 is 0. The number of nitrogens with one attached hydrogen (secondary N) is 1. The van der Waals surface area contributed by atoms with Crippen LogP contribution < -0.4 is 5.32 Å². The number of nitrogens with zero attached hydrogens (tertiary/aromatic N) is 1. The third-order valence-corrected chi connectivity index (χ3v) is 0.836. The van der Waals surface area contributed by atoms with E-state index in [1.807, 2.05) is 13.1 Å². The predicted molar refractivity (Wildman–Crippen MR) is 30.3 cm³/mol. The summed E-state index contributed by atoms with van der Waals surface area (Å²) in [4.78, 5) is 3.95. The fourth-order valence-electron chi connectivity index (χ4n) is 0.468. The maximum Gasteiger partial charge on any atom is 0.0867 e. The summed E-state index contributed by atoms with van der Waals surface area (Å²) >= 11 is 0. The summed E-state index contributed by atoms with van der Waals surface area (Å²) in [5.74, 6) is 0. The van der Waals surface area contributed by atoms with Crippen molar-refractivity contribution in [3.63, 3.8) is 0 Å². The highest BCUT2D eigenvalue weighted by molar-refractivity contribution is 5.57. The van der Waals surface area contributed by atoms with Gasteiger partial charge in [-0.2, -0.15) is 0 Å². The molecule has 0 bridgehead atoms. The van der Waals surface area contributed by atoms with Crippen LogP contribution in [0.1, 0.15) is 6.92 Å². The first-order valence-corrected chi connectivity index (χ1v) is 2.29. The van der Waals surface area contributed by atoms with Crippen LogP contribution in [0.25, 0.3) is 0 Å². The van der Waals surface area contributed by atoms with Gasteiger partial charge in [0.15, 0.2) is 0 Å². The Kier molecular flexibility index (Phi) is 1.11. The molecule has 0 spiro atoms. The molecule has 0 aromatic carbocycles. The first-order valence-electron chi connectivity index (χ1n) is 2.29. The highest BCUT2D eigenvalue weighted by Crippen LogP contribution is 1.91. The van der Waals surface area contributed by atoms with Gasteiger partial charge in [-0.05, 0) is 12.5 Å². The molecule has 1 aliphatic rings. The zero-order valence-electron chi connectivity index (χ0n) is 4.31. The standard InChI is InChI=1S/C5H8N2/c1-5-2-6-4-7-3-5/h2,4H,3H2,1H3,(H,6,7). The maximum atomic E-state index is 3.95. The topological polar surface area (TPSA) is 24.4 Å². The summed E-state index contributed by atoms with van der Waals surface area (Å²) in [5, 5.41) is 2.88. The SMILES string of the molecule is CC1=CNC=NC1. The van der Waals surface area contributed by atoms with E-state index in [4.69, 9.17) is 0 Å². The second kappa shape index (κ2) is 1.78. The molecule has 0 atom stereocenters. The molecule has 0 saturated heterocycles. The Morgan fingerprint density at radius 1 is 1.86 bits per heavy atom. The molecule has 2 heteroatoms. The summed E-state index contributed by atoms with van der Waals surface area (Å²) in [6.45, 7) is 2.90. The molecule has 1 heterocycles. The molecule has 0 fully saturated rings. The van der Waals surface area contributed by atoms with Crippen molar-refractivity contribution in [3.8, 4) is 0 Å². The Balaban J connectivity index is 2.50. The number of hydrogen-bond donors (Lipinski definition) is 1. The third-order valence-electron chi connectivity index (χ3n) is 0.836. The van der Waals surface area contributed by atoms with Crippen LogP contribution >= 0.6 is 0 Å². The normalized spacial score (nSPS) is 18.1. The van der Waals surface area contributed by atoms with Gasteiger partial charge in [0.05, 0.1) is 12.9 Å². The average molecular weight is 96.1 g/mol. The molecule has 2 nitrogen and oxygen atoms in total. The molecule has 1 aliphatic heterocycles. The Hall–Kier alpha value is -0.790. The molecular formula is C5H8N2. The van der Waals surface area contributed by atoms with Crippen LogP contribution in [0.15, 0.2) is 16.8 Å². The van der Waals surface area contributed by atoms with Crippen molar-refractivity contribution in [3.05, 3.63) is 11.8 Å². The predicted octanol–water partition coefficient (Wildman–Crippen LogP) is 0.522. The molecule has 0 unspecified atom stereocenters. The molecule has 1 rings (SSSR count). The van der Waals surface area contributed by atoms with Gasteiger partial charge >= 0.3 is 0 Å². The van der Waals surface area contributed by atoms with E-state index in [1.165, 1.54) is 5.57 Å². The van der Waals surface area contributed by atoms with Gasteiger partial charge in [0, 0.05) is 6.20 Å². The lowest BCUT2D eigenvalue weighted by Crippen LogP contribution is -2.08. The van der Waals surface area contributed by atoms with Crippen molar-refractivity contribution in [1.82, 2.24) is 5.32 Å². The fraction of sp³-hybridized carbons (Fsp3) is 0.400. The zero-order chi connectivity index (χ0) is 5.11. The minimum Gasteiger partial charge on any atom is -0.353 e. The molecular weight excluding hydrogens is 88.1 g/mol. The average Bonchev–Trinajstić information content (AvgIpc) is 1.69. The minimum absolute atomic E-state index is 0.854. The van der Waals surface area contributed by atoms with Crippen molar-refractivity contribution in [1.29, 1.82) is 0 Å². The van der Waals surface area contributed by atoms with Crippen LogP contribution in [-0.4, -0.2) is 12.9 Å².